The van der Waals surface area contributed by atoms with Gasteiger partial charge in [0.25, 0.3) is 0 Å². The SMILES string of the molecule is NS(=O)(=O)c1cncc(-c2nnc(NCc3cccc(F)c3)c3c(-c4ccccc4)cccc23)c1. The first kappa shape index (κ1) is 22.6. The molecule has 0 aliphatic heterocycles. The van der Waals surface area contributed by atoms with Crippen molar-refractivity contribution >= 4 is 26.6 Å². The first-order chi connectivity index (χ1) is 16.9. The zero-order chi connectivity index (χ0) is 24.4. The van der Waals surface area contributed by atoms with E-state index in [9.17, 15) is 12.8 Å². The van der Waals surface area contributed by atoms with E-state index in [1.54, 1.807) is 6.07 Å². The van der Waals surface area contributed by atoms with Crippen LogP contribution in [0.4, 0.5) is 10.2 Å². The smallest absolute Gasteiger partial charge is 0.239 e. The average Bonchev–Trinajstić information content (AvgIpc) is 2.87. The lowest BCUT2D eigenvalue weighted by molar-refractivity contribution is 0.597. The summed E-state index contributed by atoms with van der Waals surface area (Å²) in [5, 5.41) is 19.0. The van der Waals surface area contributed by atoms with Crippen molar-refractivity contribution in [2.75, 3.05) is 5.32 Å². The normalized spacial score (nSPS) is 11.5. The van der Waals surface area contributed by atoms with Crippen LogP contribution in [0.3, 0.4) is 0 Å². The Morgan fingerprint density at radius 3 is 2.43 bits per heavy atom. The molecule has 0 atom stereocenters. The highest BCUT2D eigenvalue weighted by Gasteiger charge is 2.17. The maximum absolute atomic E-state index is 13.7. The molecule has 174 valence electrons. The van der Waals surface area contributed by atoms with Crippen LogP contribution < -0.4 is 10.5 Å². The number of sulfonamides is 1. The number of fused-ring (bicyclic) bond motifs is 1. The molecule has 2 aromatic heterocycles. The summed E-state index contributed by atoms with van der Waals surface area (Å²) in [4.78, 5) is 3.93. The van der Waals surface area contributed by atoms with E-state index in [4.69, 9.17) is 5.14 Å². The topological polar surface area (TPSA) is 111 Å². The Labute approximate surface area is 201 Å². The molecule has 0 spiro atoms. The quantitative estimate of drug-likeness (QED) is 0.359. The van der Waals surface area contributed by atoms with Crippen molar-refractivity contribution in [3.63, 3.8) is 0 Å². The number of hydrogen-bond donors (Lipinski definition) is 2. The van der Waals surface area contributed by atoms with Gasteiger partial charge in [0.2, 0.25) is 10.0 Å². The summed E-state index contributed by atoms with van der Waals surface area (Å²) < 4.78 is 37.4. The fourth-order valence-electron chi connectivity index (χ4n) is 3.94. The standard InChI is InChI=1S/C26H20FN5O2S/c27-20-9-4-6-17(12-20)14-30-26-24-22(18-7-2-1-3-8-18)10-5-11-23(24)25(31-32-26)19-13-21(16-29-15-19)35(28,33)34/h1-13,15-16H,14H2,(H,30,32)(H2,28,33,34). The van der Waals surface area contributed by atoms with Crippen LogP contribution in [-0.2, 0) is 16.6 Å². The lowest BCUT2D eigenvalue weighted by Gasteiger charge is -2.15. The zero-order valence-corrected chi connectivity index (χ0v) is 19.2. The van der Waals surface area contributed by atoms with E-state index in [0.717, 1.165) is 27.5 Å². The lowest BCUT2D eigenvalue weighted by Crippen LogP contribution is -2.12. The maximum Gasteiger partial charge on any atom is 0.239 e. The molecule has 0 saturated carbocycles. The summed E-state index contributed by atoms with van der Waals surface area (Å²) in [7, 11) is -3.94. The number of primary sulfonamides is 1. The first-order valence-electron chi connectivity index (χ1n) is 10.7. The molecule has 9 heteroatoms. The summed E-state index contributed by atoms with van der Waals surface area (Å²) in [6.45, 7) is 0.340. The van der Waals surface area contributed by atoms with Crippen LogP contribution in [0.1, 0.15) is 5.56 Å². The average molecular weight is 486 g/mol. The number of rotatable bonds is 6. The molecule has 0 unspecified atom stereocenters. The van der Waals surface area contributed by atoms with Gasteiger partial charge in [-0.25, -0.2) is 17.9 Å². The lowest BCUT2D eigenvalue weighted by atomic mass is 9.96. The van der Waals surface area contributed by atoms with Crippen LogP contribution in [0.2, 0.25) is 0 Å². The van der Waals surface area contributed by atoms with Crippen LogP contribution in [0, 0.1) is 5.82 Å². The molecule has 0 amide bonds. The Bertz CT molecular complexity index is 1640. The number of halogens is 1. The van der Waals surface area contributed by atoms with Gasteiger partial charge in [-0.2, -0.15) is 0 Å². The van der Waals surface area contributed by atoms with E-state index in [1.165, 1.54) is 30.6 Å². The molecule has 5 rings (SSSR count). The highest BCUT2D eigenvalue weighted by atomic mass is 32.2. The van der Waals surface area contributed by atoms with Gasteiger partial charge in [-0.1, -0.05) is 60.7 Å². The van der Waals surface area contributed by atoms with Crippen molar-refractivity contribution in [2.24, 2.45) is 5.14 Å². The van der Waals surface area contributed by atoms with Crippen LogP contribution in [0.25, 0.3) is 33.2 Å². The van der Waals surface area contributed by atoms with Gasteiger partial charge in [0.15, 0.2) is 5.82 Å². The number of hydrogen-bond acceptors (Lipinski definition) is 6. The molecule has 2 heterocycles. The van der Waals surface area contributed by atoms with Gasteiger partial charge in [0.05, 0.1) is 0 Å². The molecule has 0 aliphatic carbocycles. The fourth-order valence-corrected chi connectivity index (χ4v) is 4.44. The second-order valence-corrected chi connectivity index (χ2v) is 9.49. The van der Waals surface area contributed by atoms with Crippen molar-refractivity contribution in [3.05, 3.63) is 103 Å². The highest BCUT2D eigenvalue weighted by Crippen LogP contribution is 2.37. The third-order valence-electron chi connectivity index (χ3n) is 5.56. The van der Waals surface area contributed by atoms with Crippen LogP contribution in [0.5, 0.6) is 0 Å². The van der Waals surface area contributed by atoms with Gasteiger partial charge in [-0.05, 0) is 34.9 Å². The number of nitrogens with zero attached hydrogens (tertiary/aromatic N) is 3. The summed E-state index contributed by atoms with van der Waals surface area (Å²) in [6, 6.07) is 23.4. The largest absolute Gasteiger partial charge is 0.364 e. The summed E-state index contributed by atoms with van der Waals surface area (Å²) >= 11 is 0. The molecule has 0 fully saturated rings. The third-order valence-corrected chi connectivity index (χ3v) is 6.44. The molecule has 3 aromatic carbocycles. The molecule has 0 aliphatic rings. The number of nitrogens with two attached hydrogens (primary N) is 1. The Balaban J connectivity index is 1.70. The fraction of sp³-hybridized carbons (Fsp3) is 0.0385. The van der Waals surface area contributed by atoms with Crippen molar-refractivity contribution < 1.29 is 12.8 Å². The Morgan fingerprint density at radius 2 is 1.66 bits per heavy atom. The van der Waals surface area contributed by atoms with Gasteiger partial charge in [0, 0.05) is 35.3 Å². The molecular weight excluding hydrogens is 465 g/mol. The van der Waals surface area contributed by atoms with E-state index in [1.807, 2.05) is 54.6 Å². The second kappa shape index (κ2) is 9.21. The van der Waals surface area contributed by atoms with E-state index in [-0.39, 0.29) is 10.7 Å². The van der Waals surface area contributed by atoms with Crippen LogP contribution >= 0.6 is 0 Å². The van der Waals surface area contributed by atoms with Gasteiger partial charge < -0.3 is 5.32 Å². The van der Waals surface area contributed by atoms with Gasteiger partial charge in [0.1, 0.15) is 16.4 Å². The molecule has 0 radical (unpaired) electrons. The number of nitrogens with one attached hydrogen (secondary N) is 1. The number of aromatic nitrogens is 3. The molecule has 0 bridgehead atoms. The molecule has 7 nitrogen and oxygen atoms in total. The van der Waals surface area contributed by atoms with Crippen molar-refractivity contribution in [2.45, 2.75) is 11.4 Å². The second-order valence-electron chi connectivity index (χ2n) is 7.93. The number of anilines is 1. The minimum atomic E-state index is -3.94. The molecule has 5 aromatic rings. The summed E-state index contributed by atoms with van der Waals surface area (Å²) in [6.07, 6.45) is 2.71. The van der Waals surface area contributed by atoms with E-state index in [2.05, 4.69) is 20.5 Å². The summed E-state index contributed by atoms with van der Waals surface area (Å²) in [5.41, 5.74) is 3.58. The van der Waals surface area contributed by atoms with Crippen LogP contribution in [0.15, 0.2) is 96.2 Å². The maximum atomic E-state index is 13.7. The van der Waals surface area contributed by atoms with Crippen LogP contribution in [-0.4, -0.2) is 23.6 Å². The Hall–Kier alpha value is -4.21. The van der Waals surface area contributed by atoms with E-state index >= 15 is 0 Å². The molecule has 3 N–H and O–H groups in total. The third kappa shape index (κ3) is 4.72. The Kier molecular flexibility index (Phi) is 5.94. The zero-order valence-electron chi connectivity index (χ0n) is 18.4. The summed E-state index contributed by atoms with van der Waals surface area (Å²) in [5.74, 6) is 0.200. The first-order valence-corrected chi connectivity index (χ1v) is 12.3. The van der Waals surface area contributed by atoms with Crippen molar-refractivity contribution in [1.82, 2.24) is 15.2 Å². The van der Waals surface area contributed by atoms with Gasteiger partial charge >= 0.3 is 0 Å². The van der Waals surface area contributed by atoms with E-state index < -0.39 is 10.0 Å². The van der Waals surface area contributed by atoms with Gasteiger partial charge in [-0.3, -0.25) is 4.98 Å². The predicted octanol–water partition coefficient (Wildman–Crippen LogP) is 4.76. The number of benzene rings is 3. The molecular formula is C26H20FN5O2S. The molecule has 35 heavy (non-hydrogen) atoms. The molecule has 0 saturated heterocycles. The number of pyridine rings is 1. The van der Waals surface area contributed by atoms with E-state index in [0.29, 0.717) is 23.6 Å². The minimum Gasteiger partial charge on any atom is -0.364 e. The Morgan fingerprint density at radius 1 is 0.857 bits per heavy atom. The monoisotopic (exact) mass is 485 g/mol. The predicted molar refractivity (Wildman–Crippen MR) is 133 cm³/mol. The minimum absolute atomic E-state index is 0.113. The highest BCUT2D eigenvalue weighted by molar-refractivity contribution is 7.89. The van der Waals surface area contributed by atoms with Crippen molar-refractivity contribution in [3.8, 4) is 22.4 Å². The van der Waals surface area contributed by atoms with Gasteiger partial charge in [-0.15, -0.1) is 10.2 Å². The van der Waals surface area contributed by atoms with Crippen molar-refractivity contribution in [1.29, 1.82) is 0 Å².